The molecule has 1 saturated heterocycles. The van der Waals surface area contributed by atoms with Gasteiger partial charge in [-0.15, -0.1) is 12.4 Å². The highest BCUT2D eigenvalue weighted by Crippen LogP contribution is 2.13. The van der Waals surface area contributed by atoms with E-state index in [4.69, 9.17) is 5.73 Å². The van der Waals surface area contributed by atoms with Crippen LogP contribution in [0.1, 0.15) is 28.9 Å². The van der Waals surface area contributed by atoms with Crippen molar-refractivity contribution in [1.82, 2.24) is 15.1 Å². The van der Waals surface area contributed by atoms with E-state index in [2.05, 4.69) is 10.2 Å². The number of hydrogen-bond donors (Lipinski definition) is 2. The lowest BCUT2D eigenvalue weighted by Crippen LogP contribution is -2.45. The topological polar surface area (TPSA) is 75.0 Å². The number of aryl methyl sites for hydroxylation is 1. The third kappa shape index (κ3) is 2.54. The number of carbonyl (C=O) groups excluding carboxylic acids is 1. The molecule has 0 radical (unpaired) electrons. The molecular weight excluding hydrogens is 228 g/mol. The third-order valence-corrected chi connectivity index (χ3v) is 2.81. The van der Waals surface area contributed by atoms with Gasteiger partial charge >= 0.3 is 0 Å². The van der Waals surface area contributed by atoms with E-state index in [1.54, 1.807) is 6.20 Å². The zero-order chi connectivity index (χ0) is 10.8. The fourth-order valence-electron chi connectivity index (χ4n) is 1.93. The second kappa shape index (κ2) is 5.32. The molecule has 0 aliphatic carbocycles. The standard InChI is InChI=1S/C10H16N4O.ClH/c1-7-9(5-12-13-7)10(15)14-4-2-3-8(11)6-14;/h5,8H,2-4,6,11H2,1H3,(H,12,13);1H. The van der Waals surface area contributed by atoms with E-state index in [0.717, 1.165) is 25.1 Å². The lowest BCUT2D eigenvalue weighted by Gasteiger charge is -2.30. The van der Waals surface area contributed by atoms with Crippen molar-refractivity contribution in [2.24, 2.45) is 5.73 Å². The van der Waals surface area contributed by atoms with E-state index in [0.29, 0.717) is 12.1 Å². The molecule has 5 nitrogen and oxygen atoms in total. The van der Waals surface area contributed by atoms with Crippen molar-refractivity contribution in [3.05, 3.63) is 17.5 Å². The number of rotatable bonds is 1. The number of nitrogens with two attached hydrogens (primary N) is 1. The summed E-state index contributed by atoms with van der Waals surface area (Å²) in [5.74, 6) is 0.0383. The normalized spacial score (nSPS) is 20.4. The van der Waals surface area contributed by atoms with Gasteiger partial charge in [0.15, 0.2) is 0 Å². The molecule has 1 amide bonds. The number of halogens is 1. The van der Waals surface area contributed by atoms with Gasteiger partial charge in [-0.1, -0.05) is 0 Å². The summed E-state index contributed by atoms with van der Waals surface area (Å²) < 4.78 is 0. The van der Waals surface area contributed by atoms with E-state index in [9.17, 15) is 4.79 Å². The lowest BCUT2D eigenvalue weighted by atomic mass is 10.1. The first-order valence-electron chi connectivity index (χ1n) is 5.23. The number of hydrogen-bond acceptors (Lipinski definition) is 3. The number of likely N-dealkylation sites (tertiary alicyclic amines) is 1. The quantitative estimate of drug-likeness (QED) is 0.764. The minimum Gasteiger partial charge on any atom is -0.337 e. The molecule has 1 aliphatic heterocycles. The Kier molecular flexibility index (Phi) is 4.32. The number of nitrogens with zero attached hydrogens (tertiary/aromatic N) is 2. The highest BCUT2D eigenvalue weighted by molar-refractivity contribution is 5.95. The van der Waals surface area contributed by atoms with Gasteiger partial charge < -0.3 is 10.6 Å². The molecule has 0 bridgehead atoms. The van der Waals surface area contributed by atoms with Crippen LogP contribution in [0, 0.1) is 6.92 Å². The Morgan fingerprint density at radius 3 is 3.00 bits per heavy atom. The van der Waals surface area contributed by atoms with Crippen LogP contribution in [-0.2, 0) is 0 Å². The van der Waals surface area contributed by atoms with Gasteiger partial charge in [0.25, 0.3) is 5.91 Å². The third-order valence-electron chi connectivity index (χ3n) is 2.81. The molecule has 6 heteroatoms. The summed E-state index contributed by atoms with van der Waals surface area (Å²) in [5.41, 5.74) is 7.31. The second-order valence-electron chi connectivity index (χ2n) is 4.06. The molecule has 0 aromatic carbocycles. The smallest absolute Gasteiger partial charge is 0.257 e. The molecule has 16 heavy (non-hydrogen) atoms. The van der Waals surface area contributed by atoms with E-state index >= 15 is 0 Å². The first-order valence-corrected chi connectivity index (χ1v) is 5.23. The van der Waals surface area contributed by atoms with Crippen molar-refractivity contribution in [3.8, 4) is 0 Å². The Bertz CT molecular complexity index is 365. The van der Waals surface area contributed by atoms with E-state index in [-0.39, 0.29) is 24.4 Å². The van der Waals surface area contributed by atoms with Crippen molar-refractivity contribution >= 4 is 18.3 Å². The monoisotopic (exact) mass is 244 g/mol. The van der Waals surface area contributed by atoms with Crippen LogP contribution in [0.2, 0.25) is 0 Å². The maximum absolute atomic E-state index is 12.0. The van der Waals surface area contributed by atoms with Crippen molar-refractivity contribution in [3.63, 3.8) is 0 Å². The number of nitrogens with one attached hydrogen (secondary N) is 1. The summed E-state index contributed by atoms with van der Waals surface area (Å²) >= 11 is 0. The number of carbonyl (C=O) groups is 1. The summed E-state index contributed by atoms with van der Waals surface area (Å²) in [6.45, 7) is 3.31. The van der Waals surface area contributed by atoms with Crippen LogP contribution in [0.15, 0.2) is 6.20 Å². The minimum atomic E-state index is 0. The van der Waals surface area contributed by atoms with Gasteiger partial charge in [-0.2, -0.15) is 5.10 Å². The minimum absolute atomic E-state index is 0. The van der Waals surface area contributed by atoms with Gasteiger partial charge in [0, 0.05) is 24.8 Å². The van der Waals surface area contributed by atoms with E-state index in [1.807, 2.05) is 11.8 Å². The van der Waals surface area contributed by atoms with Gasteiger partial charge in [-0.3, -0.25) is 9.89 Å². The molecule has 1 fully saturated rings. The second-order valence-corrected chi connectivity index (χ2v) is 4.06. The summed E-state index contributed by atoms with van der Waals surface area (Å²) in [5, 5.41) is 6.62. The summed E-state index contributed by atoms with van der Waals surface area (Å²) in [4.78, 5) is 13.8. The van der Waals surface area contributed by atoms with Crippen molar-refractivity contribution in [2.75, 3.05) is 13.1 Å². The van der Waals surface area contributed by atoms with E-state index < -0.39 is 0 Å². The molecule has 2 rings (SSSR count). The summed E-state index contributed by atoms with van der Waals surface area (Å²) in [7, 11) is 0. The Morgan fingerprint density at radius 1 is 1.69 bits per heavy atom. The molecule has 1 aromatic rings. The van der Waals surface area contributed by atoms with Gasteiger partial charge in [0.05, 0.1) is 11.8 Å². The Balaban J connectivity index is 0.00000128. The van der Waals surface area contributed by atoms with Crippen molar-refractivity contribution in [1.29, 1.82) is 0 Å². The van der Waals surface area contributed by atoms with Crippen LogP contribution < -0.4 is 5.73 Å². The maximum atomic E-state index is 12.0. The van der Waals surface area contributed by atoms with E-state index in [1.165, 1.54) is 0 Å². The predicted octanol–water partition coefficient (Wildman–Crippen LogP) is 0.703. The number of aromatic nitrogens is 2. The molecular formula is C10H17ClN4O. The number of H-pyrrole nitrogens is 1. The number of aromatic amines is 1. The Hall–Kier alpha value is -1.07. The number of amides is 1. The molecule has 1 aromatic heterocycles. The lowest BCUT2D eigenvalue weighted by molar-refractivity contribution is 0.0708. The molecule has 1 unspecified atom stereocenters. The highest BCUT2D eigenvalue weighted by Gasteiger charge is 2.23. The largest absolute Gasteiger partial charge is 0.337 e. The molecule has 2 heterocycles. The van der Waals surface area contributed by atoms with Crippen LogP contribution >= 0.6 is 12.4 Å². The van der Waals surface area contributed by atoms with Crippen LogP contribution in [-0.4, -0.2) is 40.1 Å². The SMILES string of the molecule is Cc1[nH]ncc1C(=O)N1CCCC(N)C1.Cl. The van der Waals surface area contributed by atoms with Gasteiger partial charge in [-0.05, 0) is 19.8 Å². The zero-order valence-corrected chi connectivity index (χ0v) is 10.1. The summed E-state index contributed by atoms with van der Waals surface area (Å²) in [6, 6.07) is 0.120. The number of piperidine rings is 1. The first kappa shape index (κ1) is 13.0. The van der Waals surface area contributed by atoms with Crippen molar-refractivity contribution in [2.45, 2.75) is 25.8 Å². The fourth-order valence-corrected chi connectivity index (χ4v) is 1.93. The van der Waals surface area contributed by atoms with Crippen LogP contribution in [0.5, 0.6) is 0 Å². The predicted molar refractivity (Wildman–Crippen MR) is 63.7 cm³/mol. The summed E-state index contributed by atoms with van der Waals surface area (Å²) in [6.07, 6.45) is 3.58. The van der Waals surface area contributed by atoms with Crippen LogP contribution in [0.25, 0.3) is 0 Å². The van der Waals surface area contributed by atoms with Gasteiger partial charge in [0.1, 0.15) is 0 Å². The molecule has 1 atom stereocenters. The average molecular weight is 245 g/mol. The molecule has 0 saturated carbocycles. The van der Waals surface area contributed by atoms with Gasteiger partial charge in [0.2, 0.25) is 0 Å². The van der Waals surface area contributed by atoms with Crippen molar-refractivity contribution < 1.29 is 4.79 Å². The first-order chi connectivity index (χ1) is 7.18. The molecule has 1 aliphatic rings. The van der Waals surface area contributed by atoms with Gasteiger partial charge in [-0.25, -0.2) is 0 Å². The van der Waals surface area contributed by atoms with Crippen LogP contribution in [0.3, 0.4) is 0 Å². The Labute approximate surface area is 101 Å². The molecule has 3 N–H and O–H groups in total. The zero-order valence-electron chi connectivity index (χ0n) is 9.27. The van der Waals surface area contributed by atoms with Crippen LogP contribution in [0.4, 0.5) is 0 Å². The average Bonchev–Trinajstić information content (AvgIpc) is 2.63. The highest BCUT2D eigenvalue weighted by atomic mass is 35.5. The fraction of sp³-hybridized carbons (Fsp3) is 0.600. The Morgan fingerprint density at radius 2 is 2.44 bits per heavy atom. The molecule has 90 valence electrons. The maximum Gasteiger partial charge on any atom is 0.257 e. The molecule has 0 spiro atoms.